The Morgan fingerprint density at radius 2 is 1.89 bits per heavy atom. The topological polar surface area (TPSA) is 27.0 Å². The van der Waals surface area contributed by atoms with Gasteiger partial charge in [0.1, 0.15) is 0 Å². The SMILES string of the molecule is N#Cc1ccc(N2CC3(CCC3)C2)cc1C(F)(F)F. The van der Waals surface area contributed by atoms with Gasteiger partial charge >= 0.3 is 6.18 Å². The van der Waals surface area contributed by atoms with Gasteiger partial charge in [-0.3, -0.25) is 0 Å². The predicted molar refractivity (Wildman–Crippen MR) is 64.7 cm³/mol. The second-order valence-electron chi connectivity index (χ2n) is 5.55. The van der Waals surface area contributed by atoms with E-state index in [1.165, 1.54) is 25.3 Å². The zero-order chi connectivity index (χ0) is 13.7. The minimum atomic E-state index is -4.47. The summed E-state index contributed by atoms with van der Waals surface area (Å²) in [5, 5.41) is 8.75. The molecule has 0 atom stereocenters. The fraction of sp³-hybridized carbons (Fsp3) is 0.500. The summed E-state index contributed by atoms with van der Waals surface area (Å²) < 4.78 is 38.6. The number of benzene rings is 1. The van der Waals surface area contributed by atoms with Crippen molar-refractivity contribution in [1.82, 2.24) is 0 Å². The van der Waals surface area contributed by atoms with E-state index in [1.54, 1.807) is 12.1 Å². The first-order valence-electron chi connectivity index (χ1n) is 6.30. The Balaban J connectivity index is 1.86. The number of nitrogens with zero attached hydrogens (tertiary/aromatic N) is 2. The van der Waals surface area contributed by atoms with E-state index in [1.807, 2.05) is 4.90 Å². The van der Waals surface area contributed by atoms with Gasteiger partial charge in [0.25, 0.3) is 0 Å². The van der Waals surface area contributed by atoms with Crippen molar-refractivity contribution in [3.8, 4) is 6.07 Å². The molecule has 100 valence electrons. The lowest BCUT2D eigenvalue weighted by molar-refractivity contribution is -0.137. The molecular weight excluding hydrogens is 253 g/mol. The fourth-order valence-electron chi connectivity index (χ4n) is 3.00. The van der Waals surface area contributed by atoms with Crippen LogP contribution in [0.15, 0.2) is 18.2 Å². The van der Waals surface area contributed by atoms with Crippen molar-refractivity contribution >= 4 is 5.69 Å². The quantitative estimate of drug-likeness (QED) is 0.777. The van der Waals surface area contributed by atoms with Crippen LogP contribution in [0.5, 0.6) is 0 Å². The minimum absolute atomic E-state index is 0.310. The summed E-state index contributed by atoms with van der Waals surface area (Å²) in [6.45, 7) is 1.69. The van der Waals surface area contributed by atoms with Crippen LogP contribution < -0.4 is 4.90 Å². The summed E-state index contributed by atoms with van der Waals surface area (Å²) in [5.74, 6) is 0. The smallest absolute Gasteiger partial charge is 0.370 e. The minimum Gasteiger partial charge on any atom is -0.370 e. The number of hydrogen-bond acceptors (Lipinski definition) is 2. The Kier molecular flexibility index (Phi) is 2.53. The molecule has 1 saturated carbocycles. The standard InChI is InChI=1S/C14H13F3N2/c15-14(16,17)12-6-11(3-2-10(12)7-18)19-8-13(9-19)4-1-5-13/h2-3,6H,1,4-5,8-9H2. The number of alkyl halides is 3. The Bertz CT molecular complexity index is 545. The Labute approximate surface area is 109 Å². The van der Waals surface area contributed by atoms with E-state index in [9.17, 15) is 13.2 Å². The lowest BCUT2D eigenvalue weighted by Crippen LogP contribution is -2.59. The molecule has 0 amide bonds. The molecule has 2 nitrogen and oxygen atoms in total. The molecule has 0 radical (unpaired) electrons. The van der Waals surface area contributed by atoms with Gasteiger partial charge < -0.3 is 4.90 Å². The number of rotatable bonds is 1. The normalized spacial score (nSPS) is 20.6. The summed E-state index contributed by atoms with van der Waals surface area (Å²) in [5.41, 5.74) is -0.201. The van der Waals surface area contributed by atoms with Gasteiger partial charge in [-0.1, -0.05) is 6.42 Å². The highest BCUT2D eigenvalue weighted by Gasteiger charge is 2.47. The van der Waals surface area contributed by atoms with Gasteiger partial charge in [0.05, 0.1) is 17.2 Å². The van der Waals surface area contributed by atoms with E-state index in [-0.39, 0.29) is 5.56 Å². The molecule has 1 heterocycles. The summed E-state index contributed by atoms with van der Waals surface area (Å²) >= 11 is 0. The molecule has 1 aliphatic carbocycles. The zero-order valence-electron chi connectivity index (χ0n) is 10.3. The molecule has 19 heavy (non-hydrogen) atoms. The molecule has 0 aromatic heterocycles. The van der Waals surface area contributed by atoms with E-state index in [0.29, 0.717) is 11.1 Å². The first-order chi connectivity index (χ1) is 8.93. The van der Waals surface area contributed by atoms with Crippen molar-refractivity contribution in [2.45, 2.75) is 25.4 Å². The lowest BCUT2D eigenvalue weighted by atomic mass is 9.63. The van der Waals surface area contributed by atoms with Gasteiger partial charge in [0.15, 0.2) is 0 Å². The van der Waals surface area contributed by atoms with Crippen LogP contribution in [0.25, 0.3) is 0 Å². The third-order valence-electron chi connectivity index (χ3n) is 4.26. The molecule has 1 saturated heterocycles. The second kappa shape index (κ2) is 3.89. The maximum absolute atomic E-state index is 12.9. The van der Waals surface area contributed by atoms with Crippen LogP contribution in [0, 0.1) is 16.7 Å². The first kappa shape index (κ1) is 12.3. The molecule has 1 aromatic carbocycles. The zero-order valence-corrected chi connectivity index (χ0v) is 10.3. The number of nitriles is 1. The number of anilines is 1. The van der Waals surface area contributed by atoms with Gasteiger partial charge in [0, 0.05) is 24.2 Å². The van der Waals surface area contributed by atoms with E-state index in [0.717, 1.165) is 19.2 Å². The van der Waals surface area contributed by atoms with E-state index >= 15 is 0 Å². The summed E-state index contributed by atoms with van der Waals surface area (Å²) in [4.78, 5) is 1.97. The van der Waals surface area contributed by atoms with Crippen molar-refractivity contribution in [3.05, 3.63) is 29.3 Å². The molecule has 2 fully saturated rings. The molecule has 1 spiro atoms. The Hall–Kier alpha value is -1.70. The highest BCUT2D eigenvalue weighted by atomic mass is 19.4. The molecule has 2 aliphatic rings. The number of halogens is 3. The van der Waals surface area contributed by atoms with Gasteiger partial charge in [0.2, 0.25) is 0 Å². The van der Waals surface area contributed by atoms with Crippen LogP contribution in [0.2, 0.25) is 0 Å². The summed E-state index contributed by atoms with van der Waals surface area (Å²) in [7, 11) is 0. The van der Waals surface area contributed by atoms with E-state index in [2.05, 4.69) is 0 Å². The van der Waals surface area contributed by atoms with Gasteiger partial charge in [-0.25, -0.2) is 0 Å². The van der Waals surface area contributed by atoms with E-state index in [4.69, 9.17) is 5.26 Å². The molecule has 1 aliphatic heterocycles. The van der Waals surface area contributed by atoms with Crippen LogP contribution in [0.3, 0.4) is 0 Å². The Morgan fingerprint density at radius 3 is 2.37 bits per heavy atom. The van der Waals surface area contributed by atoms with Crippen molar-refractivity contribution in [2.75, 3.05) is 18.0 Å². The van der Waals surface area contributed by atoms with Crippen LogP contribution in [0.4, 0.5) is 18.9 Å². The largest absolute Gasteiger partial charge is 0.417 e. The lowest BCUT2D eigenvalue weighted by Gasteiger charge is -2.57. The molecule has 1 aromatic rings. The summed E-state index contributed by atoms with van der Waals surface area (Å²) in [6.07, 6.45) is -0.868. The van der Waals surface area contributed by atoms with Crippen LogP contribution >= 0.6 is 0 Å². The molecule has 0 bridgehead atoms. The maximum Gasteiger partial charge on any atom is 0.417 e. The monoisotopic (exact) mass is 266 g/mol. The fourth-order valence-corrected chi connectivity index (χ4v) is 3.00. The van der Waals surface area contributed by atoms with Crippen molar-refractivity contribution in [1.29, 1.82) is 5.26 Å². The maximum atomic E-state index is 12.9. The van der Waals surface area contributed by atoms with Gasteiger partial charge in [-0.05, 0) is 31.0 Å². The molecule has 3 rings (SSSR count). The van der Waals surface area contributed by atoms with Crippen LogP contribution in [-0.4, -0.2) is 13.1 Å². The highest BCUT2D eigenvalue weighted by molar-refractivity contribution is 5.57. The molecule has 0 unspecified atom stereocenters. The number of hydrogen-bond donors (Lipinski definition) is 0. The average Bonchev–Trinajstić information content (AvgIpc) is 2.24. The van der Waals surface area contributed by atoms with Gasteiger partial charge in [-0.2, -0.15) is 18.4 Å². The second-order valence-corrected chi connectivity index (χ2v) is 5.55. The average molecular weight is 266 g/mol. The highest BCUT2D eigenvalue weighted by Crippen LogP contribution is 2.49. The van der Waals surface area contributed by atoms with Crippen molar-refractivity contribution < 1.29 is 13.2 Å². The predicted octanol–water partition coefficient (Wildman–Crippen LogP) is 3.57. The first-order valence-corrected chi connectivity index (χ1v) is 6.30. The third-order valence-corrected chi connectivity index (χ3v) is 4.26. The molecule has 5 heteroatoms. The summed E-state index contributed by atoms with van der Waals surface area (Å²) in [6, 6.07) is 5.58. The van der Waals surface area contributed by atoms with Crippen molar-refractivity contribution in [3.63, 3.8) is 0 Å². The van der Waals surface area contributed by atoms with Crippen molar-refractivity contribution in [2.24, 2.45) is 5.41 Å². The van der Waals surface area contributed by atoms with Crippen LogP contribution in [-0.2, 0) is 6.18 Å². The Morgan fingerprint density at radius 1 is 1.21 bits per heavy atom. The van der Waals surface area contributed by atoms with Gasteiger partial charge in [-0.15, -0.1) is 0 Å². The molecular formula is C14H13F3N2. The van der Waals surface area contributed by atoms with E-state index < -0.39 is 11.7 Å². The molecule has 0 N–H and O–H groups in total. The van der Waals surface area contributed by atoms with Crippen LogP contribution in [0.1, 0.15) is 30.4 Å². The third kappa shape index (κ3) is 1.95.